The van der Waals surface area contributed by atoms with E-state index in [4.69, 9.17) is 0 Å². The van der Waals surface area contributed by atoms with Crippen LogP contribution in [0, 0.1) is 6.92 Å². The quantitative estimate of drug-likeness (QED) is 0.654. The summed E-state index contributed by atoms with van der Waals surface area (Å²) in [7, 11) is 0. The highest BCUT2D eigenvalue weighted by Gasteiger charge is 2.31. The van der Waals surface area contributed by atoms with Crippen molar-refractivity contribution in [2.45, 2.75) is 45.2 Å². The largest absolute Gasteiger partial charge is 0.416 e. The summed E-state index contributed by atoms with van der Waals surface area (Å²) >= 11 is 0. The van der Waals surface area contributed by atoms with Crippen molar-refractivity contribution in [1.82, 2.24) is 14.7 Å². The Labute approximate surface area is 160 Å². The molecule has 3 aromatic rings. The Balaban J connectivity index is 1.59. The van der Waals surface area contributed by atoms with Crippen LogP contribution in [0.25, 0.3) is 10.8 Å². The number of hydrogen-bond donors (Lipinski definition) is 0. The van der Waals surface area contributed by atoms with Crippen LogP contribution in [-0.2, 0) is 19.4 Å². The summed E-state index contributed by atoms with van der Waals surface area (Å²) in [5.74, 6) is 0. The van der Waals surface area contributed by atoms with Crippen LogP contribution in [0.4, 0.5) is 13.2 Å². The minimum atomic E-state index is -4.34. The molecule has 1 heterocycles. The van der Waals surface area contributed by atoms with Crippen molar-refractivity contribution in [3.05, 3.63) is 75.7 Å². The van der Waals surface area contributed by atoms with Gasteiger partial charge in [0.25, 0.3) is 5.56 Å². The molecular formula is C21H20F3N3O. The van der Waals surface area contributed by atoms with Crippen LogP contribution in [0.1, 0.15) is 29.7 Å². The molecule has 0 N–H and O–H groups in total. The van der Waals surface area contributed by atoms with Crippen molar-refractivity contribution in [2.75, 3.05) is 0 Å². The number of benzene rings is 2. The number of aryl methyl sites for hydroxylation is 1. The van der Waals surface area contributed by atoms with Gasteiger partial charge in [0.2, 0.25) is 0 Å². The van der Waals surface area contributed by atoms with Crippen molar-refractivity contribution in [3.8, 4) is 0 Å². The van der Waals surface area contributed by atoms with Gasteiger partial charge in [-0.05, 0) is 43.5 Å². The molecule has 4 rings (SSSR count). The third-order valence-electron chi connectivity index (χ3n) is 5.10. The number of aromatic nitrogens is 2. The average molecular weight is 387 g/mol. The molecule has 28 heavy (non-hydrogen) atoms. The van der Waals surface area contributed by atoms with E-state index >= 15 is 0 Å². The van der Waals surface area contributed by atoms with Crippen LogP contribution in [0.5, 0.6) is 0 Å². The number of hydrogen-bond acceptors (Lipinski definition) is 3. The number of fused-ring (bicyclic) bond motifs is 1. The first-order valence-electron chi connectivity index (χ1n) is 9.19. The Bertz CT molecular complexity index is 1050. The third-order valence-corrected chi connectivity index (χ3v) is 5.10. The number of halogens is 3. The number of rotatable bonds is 5. The molecular weight excluding hydrogens is 367 g/mol. The highest BCUT2D eigenvalue weighted by atomic mass is 19.4. The molecule has 0 radical (unpaired) electrons. The lowest BCUT2D eigenvalue weighted by atomic mass is 10.1. The second-order valence-electron chi connectivity index (χ2n) is 7.25. The maximum atomic E-state index is 12.8. The average Bonchev–Trinajstić information content (AvgIpc) is 3.50. The molecule has 1 aromatic heterocycles. The third kappa shape index (κ3) is 3.80. The minimum absolute atomic E-state index is 0.153. The van der Waals surface area contributed by atoms with Crippen molar-refractivity contribution in [1.29, 1.82) is 0 Å². The molecule has 1 aliphatic carbocycles. The Morgan fingerprint density at radius 3 is 2.32 bits per heavy atom. The smallest absolute Gasteiger partial charge is 0.277 e. The Morgan fingerprint density at radius 1 is 1.07 bits per heavy atom. The van der Waals surface area contributed by atoms with E-state index in [1.807, 2.05) is 25.1 Å². The molecule has 4 nitrogen and oxygen atoms in total. The van der Waals surface area contributed by atoms with Crippen LogP contribution in [-0.4, -0.2) is 20.7 Å². The van der Waals surface area contributed by atoms with Gasteiger partial charge in [0.05, 0.1) is 23.3 Å². The Morgan fingerprint density at radius 2 is 1.71 bits per heavy atom. The molecule has 1 fully saturated rings. The summed E-state index contributed by atoms with van der Waals surface area (Å²) in [5.41, 5.74) is 0.752. The predicted molar refractivity (Wildman–Crippen MR) is 101 cm³/mol. The van der Waals surface area contributed by atoms with E-state index in [-0.39, 0.29) is 5.56 Å². The summed E-state index contributed by atoms with van der Waals surface area (Å²) in [6, 6.07) is 12.9. The lowest BCUT2D eigenvalue weighted by Crippen LogP contribution is -2.35. The van der Waals surface area contributed by atoms with Gasteiger partial charge in [0.15, 0.2) is 0 Å². The van der Waals surface area contributed by atoms with E-state index in [9.17, 15) is 18.0 Å². The molecule has 7 heteroatoms. The highest BCUT2D eigenvalue weighted by Crippen LogP contribution is 2.31. The van der Waals surface area contributed by atoms with Crippen LogP contribution in [0.2, 0.25) is 0 Å². The molecule has 0 atom stereocenters. The lowest BCUT2D eigenvalue weighted by molar-refractivity contribution is -0.137. The van der Waals surface area contributed by atoms with Gasteiger partial charge >= 0.3 is 6.18 Å². The molecule has 0 unspecified atom stereocenters. The zero-order valence-electron chi connectivity index (χ0n) is 15.4. The van der Waals surface area contributed by atoms with E-state index < -0.39 is 11.7 Å². The van der Waals surface area contributed by atoms with Crippen molar-refractivity contribution < 1.29 is 13.2 Å². The number of alkyl halides is 3. The molecule has 0 aliphatic heterocycles. The van der Waals surface area contributed by atoms with E-state index in [1.165, 1.54) is 16.8 Å². The molecule has 146 valence electrons. The van der Waals surface area contributed by atoms with Crippen LogP contribution < -0.4 is 5.56 Å². The zero-order chi connectivity index (χ0) is 19.9. The lowest BCUT2D eigenvalue weighted by Gasteiger charge is -2.23. The minimum Gasteiger partial charge on any atom is -0.277 e. The molecule has 0 saturated heterocycles. The molecule has 0 amide bonds. The van der Waals surface area contributed by atoms with E-state index in [0.717, 1.165) is 41.6 Å². The fraction of sp³-hybridized carbons (Fsp3) is 0.333. The monoisotopic (exact) mass is 387 g/mol. The number of nitrogens with zero attached hydrogens (tertiary/aromatic N) is 3. The summed E-state index contributed by atoms with van der Waals surface area (Å²) in [4.78, 5) is 14.9. The fourth-order valence-electron chi connectivity index (χ4n) is 3.44. The highest BCUT2D eigenvalue weighted by molar-refractivity contribution is 5.83. The summed E-state index contributed by atoms with van der Waals surface area (Å²) in [6.45, 7) is 2.66. The normalized spacial score (nSPS) is 14.8. The summed E-state index contributed by atoms with van der Waals surface area (Å²) in [6.07, 6.45) is -2.31. The predicted octanol–water partition coefficient (Wildman–Crippen LogP) is 4.35. The van der Waals surface area contributed by atoms with Crippen molar-refractivity contribution in [3.63, 3.8) is 0 Å². The van der Waals surface area contributed by atoms with Gasteiger partial charge in [-0.25, -0.2) is 4.68 Å². The van der Waals surface area contributed by atoms with Gasteiger partial charge in [0.1, 0.15) is 0 Å². The molecule has 1 aliphatic rings. The van der Waals surface area contributed by atoms with Gasteiger partial charge in [-0.1, -0.05) is 30.3 Å². The van der Waals surface area contributed by atoms with Gasteiger partial charge in [0, 0.05) is 18.0 Å². The second kappa shape index (κ2) is 7.05. The molecule has 1 saturated carbocycles. The topological polar surface area (TPSA) is 38.1 Å². The van der Waals surface area contributed by atoms with Crippen LogP contribution >= 0.6 is 0 Å². The van der Waals surface area contributed by atoms with E-state index in [0.29, 0.717) is 24.6 Å². The first-order valence-corrected chi connectivity index (χ1v) is 9.19. The van der Waals surface area contributed by atoms with Gasteiger partial charge in [-0.15, -0.1) is 0 Å². The first kappa shape index (κ1) is 18.7. The van der Waals surface area contributed by atoms with Crippen molar-refractivity contribution in [2.24, 2.45) is 0 Å². The van der Waals surface area contributed by atoms with E-state index in [1.54, 1.807) is 6.07 Å². The molecule has 0 spiro atoms. The van der Waals surface area contributed by atoms with Crippen LogP contribution in [0.3, 0.4) is 0 Å². The maximum Gasteiger partial charge on any atom is 0.416 e. The van der Waals surface area contributed by atoms with Gasteiger partial charge < -0.3 is 0 Å². The zero-order valence-corrected chi connectivity index (χ0v) is 15.4. The SMILES string of the molecule is Cc1nn(CN(Cc2ccc(C(F)(F)F)cc2)C2CC2)c(=O)c2ccccc12. The maximum absolute atomic E-state index is 12.8. The first-order chi connectivity index (χ1) is 13.3. The standard InChI is InChI=1S/C21H20F3N3O/c1-14-18-4-2-3-5-19(18)20(28)27(25-14)13-26(17-10-11-17)12-15-6-8-16(9-7-15)21(22,23)24/h2-9,17H,10-13H2,1H3. The Hall–Kier alpha value is -2.67. The van der Waals surface area contributed by atoms with Gasteiger partial charge in [-0.2, -0.15) is 18.3 Å². The van der Waals surface area contributed by atoms with Crippen molar-refractivity contribution >= 4 is 10.8 Å². The van der Waals surface area contributed by atoms with Gasteiger partial charge in [-0.3, -0.25) is 9.69 Å². The van der Waals surface area contributed by atoms with Crippen LogP contribution in [0.15, 0.2) is 53.3 Å². The fourth-order valence-corrected chi connectivity index (χ4v) is 3.44. The second-order valence-corrected chi connectivity index (χ2v) is 7.25. The van der Waals surface area contributed by atoms with E-state index in [2.05, 4.69) is 10.00 Å². The Kier molecular flexibility index (Phi) is 4.71. The molecule has 2 aromatic carbocycles. The molecule has 0 bridgehead atoms. The summed E-state index contributed by atoms with van der Waals surface area (Å²) < 4.78 is 39.7. The summed E-state index contributed by atoms with van der Waals surface area (Å²) in [5, 5.41) is 5.92.